The Morgan fingerprint density at radius 1 is 1.50 bits per heavy atom. The average Bonchev–Trinajstić information content (AvgIpc) is 2.64. The van der Waals surface area contributed by atoms with Gasteiger partial charge in [-0.3, -0.25) is 9.79 Å². The molecule has 0 spiro atoms. The molecule has 0 fully saturated rings. The lowest BCUT2D eigenvalue weighted by molar-refractivity contribution is 0.0968. The van der Waals surface area contributed by atoms with E-state index in [-0.39, 0.29) is 16.8 Å². The van der Waals surface area contributed by atoms with E-state index in [9.17, 15) is 4.79 Å². The second-order valence-corrected chi connectivity index (χ2v) is 5.15. The molecule has 1 heterocycles. The smallest absolute Gasteiger partial charge is 0.259 e. The summed E-state index contributed by atoms with van der Waals surface area (Å²) in [6.45, 7) is 4.00. The number of rotatable bonds is 6. The van der Waals surface area contributed by atoms with E-state index in [0.29, 0.717) is 11.4 Å². The van der Waals surface area contributed by atoms with Crippen LogP contribution in [0.15, 0.2) is 40.2 Å². The van der Waals surface area contributed by atoms with Crippen LogP contribution in [-0.4, -0.2) is 42.8 Å². The molecule has 0 atom stereocenters. The highest BCUT2D eigenvalue weighted by molar-refractivity contribution is 7.99. The number of hydrogen-bond donors (Lipinski definition) is 2. The summed E-state index contributed by atoms with van der Waals surface area (Å²) in [7, 11) is 3.37. The van der Waals surface area contributed by atoms with E-state index >= 15 is 0 Å². The standard InChI is InChI=1S/C13H17ClN6OS.C2H6/c1-16-8-18-11(14)10(7-15)19-13(21)9-5-4-6-17-12(9)20(2)22-3;1-2/h4-8H,15H2,1-3H3,(H,19,21);1-2H3. The Labute approximate surface area is 152 Å². The fourth-order valence-corrected chi connectivity index (χ4v) is 1.91. The lowest BCUT2D eigenvalue weighted by Gasteiger charge is -2.17. The van der Waals surface area contributed by atoms with Gasteiger partial charge in [0.15, 0.2) is 11.0 Å². The maximum Gasteiger partial charge on any atom is 0.259 e. The summed E-state index contributed by atoms with van der Waals surface area (Å²) in [5.74, 6) is 0.148. The summed E-state index contributed by atoms with van der Waals surface area (Å²) in [4.78, 5) is 24.1. The molecule has 0 saturated heterocycles. The van der Waals surface area contributed by atoms with E-state index in [2.05, 4.69) is 20.3 Å². The molecule has 0 aromatic carbocycles. The summed E-state index contributed by atoms with van der Waals surface area (Å²) < 4.78 is 1.78. The van der Waals surface area contributed by atoms with Crippen LogP contribution in [0, 0.1) is 0 Å². The monoisotopic (exact) mass is 370 g/mol. The fourth-order valence-electron chi connectivity index (χ4n) is 1.44. The van der Waals surface area contributed by atoms with E-state index in [1.54, 1.807) is 29.7 Å². The number of nitrogens with two attached hydrogens (primary N) is 1. The van der Waals surface area contributed by atoms with Crippen molar-refractivity contribution in [1.29, 1.82) is 0 Å². The first-order chi connectivity index (χ1) is 11.5. The molecule has 0 aliphatic carbocycles. The minimum Gasteiger partial charge on any atom is -0.403 e. The number of pyridine rings is 1. The van der Waals surface area contributed by atoms with Crippen LogP contribution < -0.4 is 15.4 Å². The summed E-state index contributed by atoms with van der Waals surface area (Å²) in [5, 5.41) is 2.64. The molecule has 0 saturated carbocycles. The Morgan fingerprint density at radius 3 is 2.71 bits per heavy atom. The molecule has 3 N–H and O–H groups in total. The Morgan fingerprint density at radius 2 is 2.17 bits per heavy atom. The van der Waals surface area contributed by atoms with Crippen molar-refractivity contribution >= 4 is 46.8 Å². The first kappa shape index (κ1) is 21.9. The predicted octanol–water partition coefficient (Wildman–Crippen LogP) is 2.65. The van der Waals surface area contributed by atoms with Crippen LogP contribution in [0.2, 0.25) is 0 Å². The van der Waals surface area contributed by atoms with Crippen LogP contribution >= 0.6 is 23.5 Å². The molecule has 1 amide bonds. The summed E-state index contributed by atoms with van der Waals surface area (Å²) in [6.07, 6.45) is 5.93. The van der Waals surface area contributed by atoms with Gasteiger partial charge in [-0.2, -0.15) is 0 Å². The van der Waals surface area contributed by atoms with E-state index in [1.807, 2.05) is 27.2 Å². The lowest BCUT2D eigenvalue weighted by Crippen LogP contribution is -2.28. The van der Waals surface area contributed by atoms with Crippen molar-refractivity contribution in [2.24, 2.45) is 15.7 Å². The van der Waals surface area contributed by atoms with Gasteiger partial charge in [0.05, 0.1) is 11.3 Å². The number of allylic oxidation sites excluding steroid dienone is 1. The highest BCUT2D eigenvalue weighted by Gasteiger charge is 2.17. The third-order valence-electron chi connectivity index (χ3n) is 2.53. The van der Waals surface area contributed by atoms with Crippen LogP contribution in [-0.2, 0) is 0 Å². The fraction of sp³-hybridized carbons (Fsp3) is 0.333. The number of carbonyl (C=O) groups excluding carboxylic acids is 1. The number of carbonyl (C=O) groups is 1. The van der Waals surface area contributed by atoms with Gasteiger partial charge in [0, 0.05) is 32.7 Å². The summed E-state index contributed by atoms with van der Waals surface area (Å²) in [5.41, 5.74) is 6.06. The molecule has 24 heavy (non-hydrogen) atoms. The molecule has 1 aromatic heterocycles. The van der Waals surface area contributed by atoms with Gasteiger partial charge in [-0.15, -0.1) is 0 Å². The van der Waals surface area contributed by atoms with Gasteiger partial charge in [0.25, 0.3) is 5.91 Å². The number of nitrogens with zero attached hydrogens (tertiary/aromatic N) is 4. The van der Waals surface area contributed by atoms with E-state index in [4.69, 9.17) is 17.3 Å². The number of anilines is 1. The number of amides is 1. The van der Waals surface area contributed by atoms with Crippen molar-refractivity contribution in [1.82, 2.24) is 10.3 Å². The first-order valence-corrected chi connectivity index (χ1v) is 8.71. The Hall–Kier alpha value is -2.06. The van der Waals surface area contributed by atoms with Gasteiger partial charge >= 0.3 is 0 Å². The Kier molecular flexibility index (Phi) is 11.3. The first-order valence-electron chi connectivity index (χ1n) is 7.15. The summed E-state index contributed by atoms with van der Waals surface area (Å²) in [6, 6.07) is 3.34. The van der Waals surface area contributed by atoms with Gasteiger partial charge < -0.3 is 15.4 Å². The van der Waals surface area contributed by atoms with Gasteiger partial charge in [0.1, 0.15) is 6.34 Å². The van der Waals surface area contributed by atoms with Crippen LogP contribution in [0.5, 0.6) is 0 Å². The Bertz CT molecular complexity index is 618. The molecule has 0 unspecified atom stereocenters. The number of aliphatic imine (C=N–C) groups is 2. The van der Waals surface area contributed by atoms with Crippen LogP contribution in [0.1, 0.15) is 24.2 Å². The zero-order chi connectivity index (χ0) is 18.5. The van der Waals surface area contributed by atoms with Crippen molar-refractivity contribution < 1.29 is 4.79 Å². The second kappa shape index (κ2) is 12.4. The van der Waals surface area contributed by atoms with Crippen LogP contribution in [0.3, 0.4) is 0 Å². The highest BCUT2D eigenvalue weighted by atomic mass is 35.5. The largest absolute Gasteiger partial charge is 0.403 e. The normalized spacial score (nSPS) is 11.8. The maximum atomic E-state index is 12.4. The number of halogens is 1. The molecule has 7 nitrogen and oxygen atoms in total. The average molecular weight is 371 g/mol. The van der Waals surface area contributed by atoms with Crippen molar-refractivity contribution in [3.8, 4) is 0 Å². The molecule has 1 rings (SSSR count). The van der Waals surface area contributed by atoms with Crippen molar-refractivity contribution in [3.63, 3.8) is 0 Å². The van der Waals surface area contributed by atoms with Gasteiger partial charge in [-0.1, -0.05) is 37.4 Å². The van der Waals surface area contributed by atoms with Crippen molar-refractivity contribution in [3.05, 3.63) is 35.8 Å². The number of hydrogen-bond acceptors (Lipinski definition) is 6. The predicted molar refractivity (Wildman–Crippen MR) is 105 cm³/mol. The van der Waals surface area contributed by atoms with Gasteiger partial charge in [-0.25, -0.2) is 9.98 Å². The molecule has 9 heteroatoms. The van der Waals surface area contributed by atoms with Crippen LogP contribution in [0.25, 0.3) is 0 Å². The molecule has 0 aliphatic heterocycles. The molecular formula is C15H23ClN6OS. The lowest BCUT2D eigenvalue weighted by atomic mass is 10.2. The molecule has 0 radical (unpaired) electrons. The van der Waals surface area contributed by atoms with Gasteiger partial charge in [0.2, 0.25) is 0 Å². The third-order valence-corrected chi connectivity index (χ3v) is 3.55. The zero-order valence-corrected chi connectivity index (χ0v) is 16.0. The van der Waals surface area contributed by atoms with Gasteiger partial charge in [-0.05, 0) is 12.1 Å². The Balaban J connectivity index is 0.00000254. The molecular weight excluding hydrogens is 348 g/mol. The molecule has 0 aliphatic rings. The minimum atomic E-state index is -0.387. The van der Waals surface area contributed by atoms with Crippen LogP contribution in [0.4, 0.5) is 5.82 Å². The summed E-state index contributed by atoms with van der Waals surface area (Å²) >= 11 is 7.39. The van der Waals surface area contributed by atoms with Crippen molar-refractivity contribution in [2.75, 3.05) is 24.7 Å². The quantitative estimate of drug-likeness (QED) is 0.456. The SMILES string of the molecule is CC.CN=CN=C(Cl)C(=CN)NC(=O)c1cccnc1N(C)SC. The highest BCUT2D eigenvalue weighted by Crippen LogP contribution is 2.20. The molecule has 132 valence electrons. The topological polar surface area (TPSA) is 96.0 Å². The van der Waals surface area contributed by atoms with Crippen molar-refractivity contribution in [2.45, 2.75) is 13.8 Å². The second-order valence-electron chi connectivity index (χ2n) is 3.88. The molecule has 0 bridgehead atoms. The van der Waals surface area contributed by atoms with E-state index in [1.165, 1.54) is 24.5 Å². The minimum absolute atomic E-state index is 0.0325. The van der Waals surface area contributed by atoms with E-state index < -0.39 is 0 Å². The number of aromatic nitrogens is 1. The molecule has 1 aromatic rings. The maximum absolute atomic E-state index is 12.4. The zero-order valence-electron chi connectivity index (χ0n) is 14.4. The van der Waals surface area contributed by atoms with E-state index in [0.717, 1.165) is 0 Å². The number of nitrogens with one attached hydrogen (secondary N) is 1. The third kappa shape index (κ3) is 6.59.